The van der Waals surface area contributed by atoms with Crippen molar-refractivity contribution in [3.63, 3.8) is 0 Å². The molecule has 48 heavy (non-hydrogen) atoms. The number of hydrogen-bond acceptors (Lipinski definition) is 15. The summed E-state index contributed by atoms with van der Waals surface area (Å²) in [6, 6.07) is -4.37. The molecule has 0 aromatic carbocycles. The molecule has 280 valence electrons. The normalized spacial score (nSPS) is 40.3. The number of carbonyl (C=O) groups excluding carboxylic acids is 1. The number of aliphatic hydroxyl groups is 5. The average Bonchev–Trinajstić information content (AvgIpc) is 3.00. The van der Waals surface area contributed by atoms with Gasteiger partial charge in [0.15, 0.2) is 24.7 Å². The molecule has 1 amide bonds. The Hall–Kier alpha value is -1.85. The van der Waals surface area contributed by atoms with Crippen molar-refractivity contribution >= 4 is 11.9 Å². The summed E-state index contributed by atoms with van der Waals surface area (Å²) in [4.78, 5) is 17.0. The molecule has 0 spiro atoms. The van der Waals surface area contributed by atoms with E-state index in [0.29, 0.717) is 13.0 Å². The van der Waals surface area contributed by atoms with E-state index in [2.05, 4.69) is 15.6 Å². The van der Waals surface area contributed by atoms with Crippen LogP contribution in [0, 0.1) is 5.41 Å². The maximum absolute atomic E-state index is 16.6. The number of ether oxygens (including phenoxy) is 4. The maximum atomic E-state index is 16.6. The molecule has 3 aliphatic rings. The maximum Gasteiger partial charge on any atom is 0.249 e. The van der Waals surface area contributed by atoms with Gasteiger partial charge in [-0.2, -0.15) is 0 Å². The molecular formula is C29H57FN8O10. The van der Waals surface area contributed by atoms with Crippen LogP contribution in [0.4, 0.5) is 4.39 Å². The minimum atomic E-state index is -2.12. The second kappa shape index (κ2) is 17.9. The quantitative estimate of drug-likeness (QED) is 0.0633. The van der Waals surface area contributed by atoms with Gasteiger partial charge >= 0.3 is 0 Å². The third kappa shape index (κ3) is 10.6. The first kappa shape index (κ1) is 40.6. The number of aliphatic imine (C=N–C) groups is 1. The van der Waals surface area contributed by atoms with Crippen LogP contribution >= 0.6 is 0 Å². The van der Waals surface area contributed by atoms with Crippen LogP contribution in [0.3, 0.4) is 0 Å². The van der Waals surface area contributed by atoms with Crippen LogP contribution in [0.25, 0.3) is 0 Å². The van der Waals surface area contributed by atoms with Crippen molar-refractivity contribution in [3.05, 3.63) is 0 Å². The van der Waals surface area contributed by atoms with Gasteiger partial charge in [-0.25, -0.2) is 4.39 Å². The summed E-state index contributed by atoms with van der Waals surface area (Å²) in [5, 5.41) is 57.9. The van der Waals surface area contributed by atoms with Gasteiger partial charge in [0.05, 0.1) is 36.9 Å². The number of rotatable bonds is 13. The minimum absolute atomic E-state index is 0.00445. The number of alkyl halides is 1. The summed E-state index contributed by atoms with van der Waals surface area (Å²) < 4.78 is 39.9. The van der Waals surface area contributed by atoms with Crippen LogP contribution in [0.5, 0.6) is 0 Å². The lowest BCUT2D eigenvalue weighted by Crippen LogP contribution is -2.69. The molecule has 2 heterocycles. The van der Waals surface area contributed by atoms with Crippen LogP contribution in [0.15, 0.2) is 4.99 Å². The van der Waals surface area contributed by atoms with E-state index in [1.807, 2.05) is 20.8 Å². The lowest BCUT2D eigenvalue weighted by molar-refractivity contribution is -0.311. The van der Waals surface area contributed by atoms with E-state index in [0.717, 1.165) is 0 Å². The molecule has 0 radical (unpaired) electrons. The molecule has 1 saturated carbocycles. The Morgan fingerprint density at radius 2 is 1.65 bits per heavy atom. The SMILES string of the molecule is CC(C)(C)CCN=C(N)NC1C(O)[C@@H](CO)OC(OC2C(F)[C@H](O[C@H]3OC(CN)[C@@H](O)CC3N)C(N)C[C@H]2NC(=O)[C@@H](O)CCN)[C@@H]1O. The topological polar surface area (TPSA) is 322 Å². The average molecular weight is 697 g/mol. The number of hydrogen-bond donors (Lipinski definition) is 12. The summed E-state index contributed by atoms with van der Waals surface area (Å²) in [7, 11) is 0. The van der Waals surface area contributed by atoms with Gasteiger partial charge in [-0.1, -0.05) is 20.8 Å². The second-order valence-electron chi connectivity index (χ2n) is 14.0. The zero-order valence-corrected chi connectivity index (χ0v) is 27.8. The molecule has 3 fully saturated rings. The highest BCUT2D eigenvalue weighted by molar-refractivity contribution is 5.80. The zero-order chi connectivity index (χ0) is 35.9. The number of carbonyl (C=O) groups is 1. The van der Waals surface area contributed by atoms with Crippen molar-refractivity contribution in [2.45, 2.75) is 138 Å². The van der Waals surface area contributed by atoms with E-state index in [4.69, 9.17) is 47.6 Å². The van der Waals surface area contributed by atoms with Gasteiger partial charge in [-0.05, 0) is 37.6 Å². The van der Waals surface area contributed by atoms with Crippen molar-refractivity contribution in [2.75, 3.05) is 26.2 Å². The van der Waals surface area contributed by atoms with E-state index in [1.165, 1.54) is 0 Å². The number of guanidine groups is 1. The summed E-state index contributed by atoms with van der Waals surface area (Å²) in [5.41, 5.74) is 29.7. The lowest BCUT2D eigenvalue weighted by atomic mass is 9.84. The van der Waals surface area contributed by atoms with Crippen LogP contribution < -0.4 is 39.3 Å². The van der Waals surface area contributed by atoms with E-state index in [1.54, 1.807) is 0 Å². The summed E-state index contributed by atoms with van der Waals surface area (Å²) >= 11 is 0. The van der Waals surface area contributed by atoms with E-state index < -0.39 is 104 Å². The van der Waals surface area contributed by atoms with Gasteiger partial charge in [0.25, 0.3) is 0 Å². The van der Waals surface area contributed by atoms with Gasteiger partial charge in [0.2, 0.25) is 5.91 Å². The number of halogens is 1. The molecule has 0 aromatic heterocycles. The molecule has 8 unspecified atom stereocenters. The van der Waals surface area contributed by atoms with Crippen LogP contribution in [0.1, 0.15) is 46.5 Å². The fourth-order valence-corrected chi connectivity index (χ4v) is 5.92. The number of nitrogens with one attached hydrogen (secondary N) is 2. The number of aliphatic hydroxyl groups excluding tert-OH is 5. The van der Waals surface area contributed by atoms with E-state index >= 15 is 4.39 Å². The minimum Gasteiger partial charge on any atom is -0.394 e. The molecule has 2 saturated heterocycles. The Kier molecular flexibility index (Phi) is 15.1. The zero-order valence-electron chi connectivity index (χ0n) is 27.8. The number of nitrogens with zero attached hydrogens (tertiary/aromatic N) is 1. The van der Waals surface area contributed by atoms with Gasteiger partial charge in [-0.15, -0.1) is 0 Å². The van der Waals surface area contributed by atoms with Gasteiger partial charge in [-0.3, -0.25) is 9.79 Å². The lowest BCUT2D eigenvalue weighted by Gasteiger charge is -2.48. The molecular weight excluding hydrogens is 639 g/mol. The largest absolute Gasteiger partial charge is 0.394 e. The Morgan fingerprint density at radius 1 is 1.00 bits per heavy atom. The molecule has 2 aliphatic heterocycles. The Balaban J connectivity index is 1.86. The fraction of sp³-hybridized carbons (Fsp3) is 0.931. The first-order valence-electron chi connectivity index (χ1n) is 16.4. The molecule has 15 atom stereocenters. The van der Waals surface area contributed by atoms with E-state index in [9.17, 15) is 30.3 Å². The molecule has 0 bridgehead atoms. The highest BCUT2D eigenvalue weighted by atomic mass is 19.1. The van der Waals surface area contributed by atoms with Crippen LogP contribution in [0.2, 0.25) is 0 Å². The first-order valence-corrected chi connectivity index (χ1v) is 16.4. The summed E-state index contributed by atoms with van der Waals surface area (Å²) in [6.07, 6.45) is -15.3. The summed E-state index contributed by atoms with van der Waals surface area (Å²) in [5.74, 6) is -0.952. The van der Waals surface area contributed by atoms with Gasteiger partial charge in [0.1, 0.15) is 36.6 Å². The number of amides is 1. The van der Waals surface area contributed by atoms with Gasteiger partial charge in [0, 0.05) is 19.1 Å². The number of nitrogens with two attached hydrogens (primary N) is 5. The Morgan fingerprint density at radius 3 is 2.25 bits per heavy atom. The monoisotopic (exact) mass is 696 g/mol. The van der Waals surface area contributed by atoms with Crippen molar-refractivity contribution in [1.82, 2.24) is 10.6 Å². The predicted molar refractivity (Wildman–Crippen MR) is 170 cm³/mol. The van der Waals surface area contributed by atoms with Crippen molar-refractivity contribution in [1.29, 1.82) is 0 Å². The molecule has 18 nitrogen and oxygen atoms in total. The molecule has 17 N–H and O–H groups in total. The van der Waals surface area contributed by atoms with Gasteiger partial charge < -0.3 is 83.8 Å². The first-order chi connectivity index (χ1) is 22.5. The highest BCUT2D eigenvalue weighted by Crippen LogP contribution is 2.33. The molecule has 1 aliphatic carbocycles. The molecule has 0 aromatic rings. The predicted octanol–water partition coefficient (Wildman–Crippen LogP) is -5.07. The standard InChI is InChI=1S/C29H57FN8O10/c1-29(2,3)5-7-36-28(35)38-20-21(42)18(11-39)46-27(22(20)43)48-24-14(37-25(44)15(40)4-6-31)8-12(33)23(19(24)30)47-26-13(34)9-16(41)17(10-32)45-26/h12-24,26-27,39-43H,4-11,31-34H2,1-3H3,(H,37,44)(H3,35,36,38)/t12?,13?,14-,15+,16+,17?,18-,19?,20?,21?,22-,23-,24?,26-,27?/m1/s1. The van der Waals surface area contributed by atoms with Crippen LogP contribution in [-0.4, -0.2) is 155 Å². The molecule has 19 heteroatoms. The molecule has 3 rings (SSSR count). The van der Waals surface area contributed by atoms with Crippen molar-refractivity contribution < 1.29 is 53.7 Å². The Bertz CT molecular complexity index is 1050. The third-order valence-electron chi connectivity index (χ3n) is 8.80. The third-order valence-corrected chi connectivity index (χ3v) is 8.80. The second-order valence-corrected chi connectivity index (χ2v) is 14.0. The Labute approximate surface area is 279 Å². The van der Waals surface area contributed by atoms with E-state index in [-0.39, 0.29) is 43.7 Å². The van der Waals surface area contributed by atoms with Crippen molar-refractivity contribution in [2.24, 2.45) is 39.1 Å². The van der Waals surface area contributed by atoms with Crippen LogP contribution in [-0.2, 0) is 23.7 Å². The smallest absolute Gasteiger partial charge is 0.249 e. The highest BCUT2D eigenvalue weighted by Gasteiger charge is 2.53. The van der Waals surface area contributed by atoms with Crippen molar-refractivity contribution in [3.8, 4) is 0 Å². The summed E-state index contributed by atoms with van der Waals surface area (Å²) in [6.45, 7) is 5.70. The fourth-order valence-electron chi connectivity index (χ4n) is 5.92.